The largest absolute Gasteiger partial charge is 0.495 e. The van der Waals surface area contributed by atoms with Crippen molar-refractivity contribution in [1.82, 2.24) is 5.43 Å². The summed E-state index contributed by atoms with van der Waals surface area (Å²) >= 11 is 6.40. The number of nitrogens with two attached hydrogens (primary N) is 1. The van der Waals surface area contributed by atoms with E-state index >= 15 is 0 Å². The minimum absolute atomic E-state index is 0.0174. The Morgan fingerprint density at radius 2 is 1.91 bits per heavy atom. The second-order valence-corrected chi connectivity index (χ2v) is 14.1. The van der Waals surface area contributed by atoms with Crippen LogP contribution in [-0.2, 0) is 14.4 Å². The summed E-state index contributed by atoms with van der Waals surface area (Å²) < 4.78 is 43.9. The van der Waals surface area contributed by atoms with Crippen LogP contribution in [0.3, 0.4) is 0 Å². The molecule has 0 saturated carbocycles. The number of nitrogens with zero attached hydrogens (tertiary/aromatic N) is 3. The topological polar surface area (TPSA) is 126 Å². The molecule has 0 spiro atoms. The zero-order chi connectivity index (χ0) is 24.6. The fourth-order valence-electron chi connectivity index (χ4n) is 3.18. The van der Waals surface area contributed by atoms with Crippen molar-refractivity contribution in [2.45, 2.75) is 30.3 Å². The third-order valence-electron chi connectivity index (χ3n) is 5.05. The van der Waals surface area contributed by atoms with Gasteiger partial charge in [-0.05, 0) is 57.5 Å². The normalized spacial score (nSPS) is 18.3. The molecule has 3 rings (SSSR count). The van der Waals surface area contributed by atoms with E-state index in [0.29, 0.717) is 16.7 Å². The van der Waals surface area contributed by atoms with Gasteiger partial charge in [0, 0.05) is 5.30 Å². The minimum atomic E-state index is -3.62. The smallest absolute Gasteiger partial charge is 0.192 e. The Kier molecular flexibility index (Phi) is 7.24. The Labute approximate surface area is 199 Å². The van der Waals surface area contributed by atoms with Gasteiger partial charge >= 0.3 is 0 Å². The van der Waals surface area contributed by atoms with Gasteiger partial charge in [-0.25, -0.2) is 13.4 Å². The van der Waals surface area contributed by atoms with Crippen molar-refractivity contribution in [3.63, 3.8) is 0 Å². The van der Waals surface area contributed by atoms with Gasteiger partial charge in [0.15, 0.2) is 27.1 Å². The van der Waals surface area contributed by atoms with Crippen LogP contribution in [0.5, 0.6) is 5.75 Å². The molecule has 178 valence electrons. The molecule has 2 aromatic rings. The number of ether oxygens (including phenoxy) is 1. The standard InChI is InChI=1S/C21H27ClN5O4PS/c1-13(2)33(29,30)18-9-7-6-8-15(18)24-20-19(22)25-26-21(23)27(20)16-11-10-14(32(4,5)28)12-17(16)31-3/h6-13,21,26H,23H2,1-5H3. The molecule has 0 amide bonds. The number of anilines is 1. The first-order valence-corrected chi connectivity index (χ1v) is 14.6. The van der Waals surface area contributed by atoms with E-state index in [-0.39, 0.29) is 21.6 Å². The zero-order valence-corrected chi connectivity index (χ0v) is 21.4. The van der Waals surface area contributed by atoms with Crippen LogP contribution < -0.4 is 26.1 Å². The van der Waals surface area contributed by atoms with Crippen molar-refractivity contribution >= 4 is 56.3 Å². The average molecular weight is 512 g/mol. The molecule has 1 aliphatic heterocycles. The number of rotatable bonds is 6. The van der Waals surface area contributed by atoms with Crippen LogP contribution in [0, 0.1) is 0 Å². The average Bonchev–Trinajstić information content (AvgIpc) is 2.75. The number of amidine groups is 1. The molecule has 3 N–H and O–H groups in total. The molecule has 0 aliphatic carbocycles. The lowest BCUT2D eigenvalue weighted by molar-refractivity contribution is 0.413. The molecular weight excluding hydrogens is 485 g/mol. The van der Waals surface area contributed by atoms with Crippen molar-refractivity contribution in [3.05, 3.63) is 42.5 Å². The van der Waals surface area contributed by atoms with Crippen LogP contribution in [0.4, 0.5) is 11.4 Å². The molecule has 1 aliphatic rings. The second kappa shape index (κ2) is 9.46. The van der Waals surface area contributed by atoms with Crippen molar-refractivity contribution in [1.29, 1.82) is 0 Å². The third kappa shape index (κ3) is 5.09. The van der Waals surface area contributed by atoms with Crippen LogP contribution in [-0.4, -0.2) is 51.4 Å². The van der Waals surface area contributed by atoms with Crippen molar-refractivity contribution in [3.8, 4) is 5.75 Å². The van der Waals surface area contributed by atoms with Gasteiger partial charge in [-0.1, -0.05) is 23.7 Å². The SMILES string of the molecule is COc1cc(P(C)(C)=O)ccc1N1C(=Nc2ccccc2S(=O)(=O)C(C)C)C(Cl)=NNC1N. The first-order chi connectivity index (χ1) is 15.4. The molecule has 9 nitrogen and oxygen atoms in total. The number of benzene rings is 2. The number of sulfone groups is 1. The summed E-state index contributed by atoms with van der Waals surface area (Å²) in [5.74, 6) is 0.535. The number of halogens is 1. The fourth-order valence-corrected chi connectivity index (χ4v) is 5.41. The van der Waals surface area contributed by atoms with Gasteiger partial charge in [0.05, 0.1) is 28.6 Å². The predicted octanol–water partition coefficient (Wildman–Crippen LogP) is 3.06. The van der Waals surface area contributed by atoms with Crippen LogP contribution in [0.1, 0.15) is 13.8 Å². The quantitative estimate of drug-likeness (QED) is 0.571. The first kappa shape index (κ1) is 25.2. The van der Waals surface area contributed by atoms with E-state index in [0.717, 1.165) is 0 Å². The maximum Gasteiger partial charge on any atom is 0.192 e. The van der Waals surface area contributed by atoms with E-state index in [4.69, 9.17) is 22.1 Å². The number of hydrazone groups is 1. The number of para-hydroxylation sites is 1. The number of hydrogen-bond donors (Lipinski definition) is 2. The molecule has 12 heteroatoms. The molecule has 0 fully saturated rings. The van der Waals surface area contributed by atoms with E-state index in [1.807, 2.05) is 0 Å². The highest BCUT2D eigenvalue weighted by molar-refractivity contribution is 7.92. The van der Waals surface area contributed by atoms with Gasteiger partial charge in [0.25, 0.3) is 0 Å². The molecular formula is C21H27ClN5O4PS. The van der Waals surface area contributed by atoms with Gasteiger partial charge in [0.1, 0.15) is 12.9 Å². The molecule has 0 radical (unpaired) electrons. The van der Waals surface area contributed by atoms with Crippen LogP contribution in [0.2, 0.25) is 0 Å². The van der Waals surface area contributed by atoms with Gasteiger partial charge in [-0.3, -0.25) is 16.1 Å². The molecule has 1 heterocycles. The maximum atomic E-state index is 12.9. The minimum Gasteiger partial charge on any atom is -0.495 e. The summed E-state index contributed by atoms with van der Waals surface area (Å²) in [6, 6.07) is 11.5. The van der Waals surface area contributed by atoms with Gasteiger partial charge < -0.3 is 9.30 Å². The van der Waals surface area contributed by atoms with Crippen LogP contribution in [0.25, 0.3) is 0 Å². The molecule has 1 unspecified atom stereocenters. The molecule has 0 saturated heterocycles. The monoisotopic (exact) mass is 511 g/mol. The van der Waals surface area contributed by atoms with E-state index in [1.54, 1.807) is 68.5 Å². The Morgan fingerprint density at radius 1 is 1.24 bits per heavy atom. The summed E-state index contributed by atoms with van der Waals surface area (Å²) in [6.07, 6.45) is -0.880. The van der Waals surface area contributed by atoms with Crippen molar-refractivity contribution < 1.29 is 17.7 Å². The Morgan fingerprint density at radius 3 is 2.52 bits per heavy atom. The second-order valence-electron chi connectivity index (χ2n) is 8.05. The lowest BCUT2D eigenvalue weighted by Crippen LogP contribution is -2.58. The fraction of sp³-hybridized carbons (Fsp3) is 0.333. The molecule has 0 bridgehead atoms. The summed E-state index contributed by atoms with van der Waals surface area (Å²) in [5, 5.41) is 3.98. The highest BCUT2D eigenvalue weighted by Crippen LogP contribution is 2.39. The summed E-state index contributed by atoms with van der Waals surface area (Å²) in [6.45, 7) is 6.54. The summed E-state index contributed by atoms with van der Waals surface area (Å²) in [4.78, 5) is 6.19. The number of nitrogens with one attached hydrogen (secondary N) is 1. The molecule has 1 atom stereocenters. The Balaban J connectivity index is 2.23. The van der Waals surface area contributed by atoms with E-state index in [1.165, 1.54) is 13.2 Å². The van der Waals surface area contributed by atoms with Gasteiger partial charge in [0.2, 0.25) is 0 Å². The van der Waals surface area contributed by atoms with Crippen molar-refractivity contribution in [2.75, 3.05) is 25.3 Å². The molecule has 2 aromatic carbocycles. The number of hydrogen-bond acceptors (Lipinski definition) is 8. The van der Waals surface area contributed by atoms with Crippen molar-refractivity contribution in [2.24, 2.45) is 15.8 Å². The number of methoxy groups -OCH3 is 1. The third-order valence-corrected chi connectivity index (χ3v) is 9.02. The summed E-state index contributed by atoms with van der Waals surface area (Å²) in [7, 11) is -4.67. The predicted molar refractivity (Wildman–Crippen MR) is 135 cm³/mol. The Hall–Kier alpha value is -2.39. The van der Waals surface area contributed by atoms with E-state index in [9.17, 15) is 13.0 Å². The van der Waals surface area contributed by atoms with Crippen LogP contribution in [0.15, 0.2) is 57.5 Å². The zero-order valence-electron chi connectivity index (χ0n) is 19.0. The Bertz CT molecular complexity index is 1270. The van der Waals surface area contributed by atoms with E-state index in [2.05, 4.69) is 15.5 Å². The van der Waals surface area contributed by atoms with Gasteiger partial charge in [-0.2, -0.15) is 5.10 Å². The highest BCUT2D eigenvalue weighted by atomic mass is 35.5. The molecule has 33 heavy (non-hydrogen) atoms. The summed E-state index contributed by atoms with van der Waals surface area (Å²) in [5.41, 5.74) is 9.68. The first-order valence-electron chi connectivity index (χ1n) is 10.1. The van der Waals surface area contributed by atoms with Crippen LogP contribution >= 0.6 is 18.7 Å². The lowest BCUT2D eigenvalue weighted by atomic mass is 10.2. The number of aliphatic imine (C=N–C) groups is 1. The van der Waals surface area contributed by atoms with Gasteiger partial charge in [-0.15, -0.1) is 0 Å². The highest BCUT2D eigenvalue weighted by Gasteiger charge is 2.32. The lowest BCUT2D eigenvalue weighted by Gasteiger charge is -2.35. The molecule has 0 aromatic heterocycles. The maximum absolute atomic E-state index is 12.9. The van der Waals surface area contributed by atoms with E-state index < -0.39 is 28.5 Å².